The predicted octanol–water partition coefficient (Wildman–Crippen LogP) is 1.63. The van der Waals surface area contributed by atoms with Crippen molar-refractivity contribution < 1.29 is 14.3 Å². The van der Waals surface area contributed by atoms with Gasteiger partial charge < -0.3 is 5.11 Å². The summed E-state index contributed by atoms with van der Waals surface area (Å²) >= 11 is 0. The summed E-state index contributed by atoms with van der Waals surface area (Å²) in [5, 5.41) is 17.1. The third-order valence-electron chi connectivity index (χ3n) is 1.93. The minimum atomic E-state index is -1.11. The van der Waals surface area contributed by atoms with Crippen molar-refractivity contribution in [2.75, 3.05) is 0 Å². The van der Waals surface area contributed by atoms with Gasteiger partial charge in [-0.3, -0.25) is 4.79 Å². The molecule has 0 unspecified atom stereocenters. The van der Waals surface area contributed by atoms with E-state index in [0.717, 1.165) is 0 Å². The molecule has 0 saturated heterocycles. The van der Waals surface area contributed by atoms with E-state index in [4.69, 9.17) is 10.4 Å². The van der Waals surface area contributed by atoms with Gasteiger partial charge >= 0.3 is 5.97 Å². The fraction of sp³-hybridized carbons (Fsp3) is 0.200. The Hall–Kier alpha value is -1.89. The molecule has 0 heterocycles. The number of carbonyl (C=O) groups is 1. The molecule has 1 rings (SSSR count). The second-order valence-electron chi connectivity index (χ2n) is 2.90. The molecule has 0 amide bonds. The van der Waals surface area contributed by atoms with Gasteiger partial charge in [-0.05, 0) is 18.6 Å². The SMILES string of the molecule is Cc1ccc(C#N)c(F)c1CC(=O)O. The van der Waals surface area contributed by atoms with Crippen molar-refractivity contribution in [1.82, 2.24) is 0 Å². The normalized spacial score (nSPS) is 9.50. The standard InChI is InChI=1S/C10H8FNO2/c1-6-2-3-7(5-12)10(11)8(6)4-9(13)14/h2-3H,4H2,1H3,(H,13,14). The fourth-order valence-corrected chi connectivity index (χ4v) is 1.17. The number of halogens is 1. The van der Waals surface area contributed by atoms with Crippen molar-refractivity contribution in [3.63, 3.8) is 0 Å². The lowest BCUT2D eigenvalue weighted by Gasteiger charge is -2.05. The van der Waals surface area contributed by atoms with Crippen LogP contribution in [0.4, 0.5) is 4.39 Å². The Morgan fingerprint density at radius 2 is 2.29 bits per heavy atom. The van der Waals surface area contributed by atoms with Crippen molar-refractivity contribution in [3.05, 3.63) is 34.6 Å². The molecule has 3 nitrogen and oxygen atoms in total. The molecule has 14 heavy (non-hydrogen) atoms. The average Bonchev–Trinajstić information content (AvgIpc) is 2.12. The van der Waals surface area contributed by atoms with E-state index in [0.29, 0.717) is 5.56 Å². The lowest BCUT2D eigenvalue weighted by Crippen LogP contribution is -2.06. The van der Waals surface area contributed by atoms with Gasteiger partial charge in [0.05, 0.1) is 12.0 Å². The monoisotopic (exact) mass is 193 g/mol. The number of aliphatic carboxylic acids is 1. The minimum Gasteiger partial charge on any atom is -0.481 e. The van der Waals surface area contributed by atoms with Gasteiger partial charge in [0.2, 0.25) is 0 Å². The predicted molar refractivity (Wildman–Crippen MR) is 47.2 cm³/mol. The number of hydrogen-bond acceptors (Lipinski definition) is 2. The summed E-state index contributed by atoms with van der Waals surface area (Å²) in [5.41, 5.74) is 0.507. The van der Waals surface area contributed by atoms with E-state index in [1.165, 1.54) is 6.07 Å². The molecule has 0 aliphatic rings. The second kappa shape index (κ2) is 3.88. The summed E-state index contributed by atoms with van der Waals surface area (Å²) in [6.45, 7) is 1.61. The molecule has 4 heteroatoms. The summed E-state index contributed by atoms with van der Waals surface area (Å²) in [6, 6.07) is 4.55. The maximum atomic E-state index is 13.4. The van der Waals surface area contributed by atoms with Crippen LogP contribution in [0.25, 0.3) is 0 Å². The lowest BCUT2D eigenvalue weighted by atomic mass is 10.0. The molecular formula is C10H8FNO2. The van der Waals surface area contributed by atoms with E-state index in [2.05, 4.69) is 0 Å². The third kappa shape index (κ3) is 1.88. The van der Waals surface area contributed by atoms with E-state index in [1.54, 1.807) is 19.1 Å². The topological polar surface area (TPSA) is 61.1 Å². The van der Waals surface area contributed by atoms with Gasteiger partial charge in [-0.25, -0.2) is 4.39 Å². The molecule has 0 aliphatic heterocycles. The van der Waals surface area contributed by atoms with Crippen molar-refractivity contribution in [3.8, 4) is 6.07 Å². The molecule has 1 N–H and O–H groups in total. The first kappa shape index (κ1) is 10.2. The number of nitrogens with zero attached hydrogens (tertiary/aromatic N) is 1. The first-order chi connectivity index (χ1) is 6.56. The Labute approximate surface area is 80.4 Å². The maximum absolute atomic E-state index is 13.4. The van der Waals surface area contributed by atoms with Gasteiger partial charge in [-0.2, -0.15) is 5.26 Å². The Morgan fingerprint density at radius 3 is 2.79 bits per heavy atom. The maximum Gasteiger partial charge on any atom is 0.307 e. The number of carboxylic acid groups (broad SMARTS) is 1. The number of rotatable bonds is 2. The number of hydrogen-bond donors (Lipinski definition) is 1. The largest absolute Gasteiger partial charge is 0.481 e. The first-order valence-corrected chi connectivity index (χ1v) is 3.96. The van der Waals surface area contributed by atoms with Crippen LogP contribution in [0.2, 0.25) is 0 Å². The number of carboxylic acids is 1. The molecule has 72 valence electrons. The molecule has 0 aromatic heterocycles. The van der Waals surface area contributed by atoms with Crippen LogP contribution in [0.1, 0.15) is 16.7 Å². The molecule has 0 aliphatic carbocycles. The van der Waals surface area contributed by atoms with E-state index in [-0.39, 0.29) is 11.1 Å². The van der Waals surface area contributed by atoms with Crippen molar-refractivity contribution in [2.24, 2.45) is 0 Å². The molecule has 0 saturated carbocycles. The summed E-state index contributed by atoms with van der Waals surface area (Å²) in [4.78, 5) is 10.4. The Balaban J connectivity index is 3.27. The van der Waals surface area contributed by atoms with Crippen molar-refractivity contribution >= 4 is 5.97 Å². The highest BCUT2D eigenvalue weighted by Crippen LogP contribution is 2.17. The quantitative estimate of drug-likeness (QED) is 0.776. The highest BCUT2D eigenvalue weighted by molar-refractivity contribution is 5.71. The van der Waals surface area contributed by atoms with Gasteiger partial charge in [0.25, 0.3) is 0 Å². The molecule has 0 radical (unpaired) electrons. The molecular weight excluding hydrogens is 185 g/mol. The van der Waals surface area contributed by atoms with Gasteiger partial charge in [0.15, 0.2) is 0 Å². The van der Waals surface area contributed by atoms with Crippen LogP contribution in [-0.2, 0) is 11.2 Å². The van der Waals surface area contributed by atoms with Crippen LogP contribution in [-0.4, -0.2) is 11.1 Å². The van der Waals surface area contributed by atoms with Crippen molar-refractivity contribution in [2.45, 2.75) is 13.3 Å². The smallest absolute Gasteiger partial charge is 0.307 e. The zero-order valence-electron chi connectivity index (χ0n) is 7.54. The fourth-order valence-electron chi connectivity index (χ4n) is 1.17. The van der Waals surface area contributed by atoms with E-state index in [1.807, 2.05) is 0 Å². The number of aryl methyl sites for hydroxylation is 1. The van der Waals surface area contributed by atoms with Crippen LogP contribution in [0, 0.1) is 24.1 Å². The van der Waals surface area contributed by atoms with Crippen LogP contribution in [0.15, 0.2) is 12.1 Å². The van der Waals surface area contributed by atoms with Crippen LogP contribution < -0.4 is 0 Å². The van der Waals surface area contributed by atoms with Gasteiger partial charge in [0.1, 0.15) is 11.9 Å². The van der Waals surface area contributed by atoms with E-state index >= 15 is 0 Å². The number of benzene rings is 1. The summed E-state index contributed by atoms with van der Waals surface area (Å²) in [6.07, 6.45) is -0.396. The Bertz CT molecular complexity index is 421. The van der Waals surface area contributed by atoms with Crippen LogP contribution in [0.5, 0.6) is 0 Å². The van der Waals surface area contributed by atoms with Gasteiger partial charge in [-0.1, -0.05) is 6.07 Å². The van der Waals surface area contributed by atoms with Gasteiger partial charge in [-0.15, -0.1) is 0 Å². The van der Waals surface area contributed by atoms with E-state index < -0.39 is 18.2 Å². The highest BCUT2D eigenvalue weighted by Gasteiger charge is 2.13. The summed E-state index contributed by atoms with van der Waals surface area (Å²) in [5.74, 6) is -1.84. The molecule has 0 atom stereocenters. The summed E-state index contributed by atoms with van der Waals surface area (Å²) in [7, 11) is 0. The third-order valence-corrected chi connectivity index (χ3v) is 1.93. The minimum absolute atomic E-state index is 0.0801. The molecule has 1 aromatic carbocycles. The molecule has 0 bridgehead atoms. The summed E-state index contributed by atoms with van der Waals surface area (Å²) < 4.78 is 13.4. The van der Waals surface area contributed by atoms with Crippen LogP contribution >= 0.6 is 0 Å². The molecule has 0 spiro atoms. The van der Waals surface area contributed by atoms with Crippen molar-refractivity contribution in [1.29, 1.82) is 5.26 Å². The second-order valence-corrected chi connectivity index (χ2v) is 2.90. The lowest BCUT2D eigenvalue weighted by molar-refractivity contribution is -0.136. The zero-order valence-corrected chi connectivity index (χ0v) is 7.54. The first-order valence-electron chi connectivity index (χ1n) is 3.96. The zero-order chi connectivity index (χ0) is 10.7. The molecule has 0 fully saturated rings. The van der Waals surface area contributed by atoms with Crippen LogP contribution in [0.3, 0.4) is 0 Å². The Morgan fingerprint density at radius 1 is 1.64 bits per heavy atom. The Kier molecular flexibility index (Phi) is 2.82. The molecule has 1 aromatic rings. The highest BCUT2D eigenvalue weighted by atomic mass is 19.1. The number of nitriles is 1. The average molecular weight is 193 g/mol. The van der Waals surface area contributed by atoms with E-state index in [9.17, 15) is 9.18 Å². The van der Waals surface area contributed by atoms with Gasteiger partial charge in [0, 0.05) is 5.56 Å².